The molecule has 6 heteroatoms. The highest BCUT2D eigenvalue weighted by molar-refractivity contribution is 6.30. The lowest BCUT2D eigenvalue weighted by molar-refractivity contribution is -0.123. The van der Waals surface area contributed by atoms with Crippen molar-refractivity contribution >= 4 is 29.1 Å². The van der Waals surface area contributed by atoms with Gasteiger partial charge in [-0.1, -0.05) is 48.9 Å². The molecule has 0 aliphatic carbocycles. The number of nitrogens with zero attached hydrogens (tertiary/aromatic N) is 1. The molecule has 2 rings (SSSR count). The number of halogens is 1. The van der Waals surface area contributed by atoms with E-state index in [1.807, 2.05) is 56.3 Å². The van der Waals surface area contributed by atoms with E-state index < -0.39 is 0 Å². The summed E-state index contributed by atoms with van der Waals surface area (Å²) in [5, 5.41) is 6.47. The Bertz CT molecular complexity index is 795. The summed E-state index contributed by atoms with van der Waals surface area (Å²) < 4.78 is 0. The molecule has 0 radical (unpaired) electrons. The van der Waals surface area contributed by atoms with Crippen molar-refractivity contribution in [2.75, 3.05) is 25.5 Å². The molecule has 1 unspecified atom stereocenters. The third-order valence-electron chi connectivity index (χ3n) is 4.23. The number of para-hydroxylation sites is 1. The van der Waals surface area contributed by atoms with Crippen LogP contribution in [0.25, 0.3) is 0 Å². The highest BCUT2D eigenvalue weighted by Gasteiger charge is 2.14. The topological polar surface area (TPSA) is 61.4 Å². The Morgan fingerprint density at radius 2 is 1.78 bits per heavy atom. The average molecular weight is 388 g/mol. The number of aryl methyl sites for hydroxylation is 1. The van der Waals surface area contributed by atoms with Crippen molar-refractivity contribution in [3.8, 4) is 0 Å². The Hall–Kier alpha value is -2.37. The van der Waals surface area contributed by atoms with Gasteiger partial charge in [0.25, 0.3) is 0 Å². The number of anilines is 1. The molecule has 0 spiro atoms. The Labute approximate surface area is 165 Å². The number of rotatable bonds is 8. The number of likely N-dealkylation sites (N-methyl/N-ethyl adjacent to an activating group) is 1. The monoisotopic (exact) mass is 387 g/mol. The van der Waals surface area contributed by atoms with Gasteiger partial charge in [0.05, 0.1) is 19.1 Å². The van der Waals surface area contributed by atoms with Crippen molar-refractivity contribution in [3.05, 3.63) is 64.7 Å². The maximum atomic E-state index is 12.3. The van der Waals surface area contributed by atoms with Crippen LogP contribution in [0.2, 0.25) is 5.02 Å². The molecule has 0 fully saturated rings. The molecule has 2 N–H and O–H groups in total. The second-order valence-corrected chi connectivity index (χ2v) is 7.01. The summed E-state index contributed by atoms with van der Waals surface area (Å²) in [6.45, 7) is 4.21. The van der Waals surface area contributed by atoms with Gasteiger partial charge in [0.15, 0.2) is 0 Å². The van der Waals surface area contributed by atoms with Gasteiger partial charge in [0.1, 0.15) is 0 Å². The Morgan fingerprint density at radius 3 is 2.48 bits per heavy atom. The predicted octanol–water partition coefficient (Wildman–Crippen LogP) is 3.65. The molecule has 5 nitrogen and oxygen atoms in total. The molecule has 2 amide bonds. The third-order valence-corrected chi connectivity index (χ3v) is 4.46. The fourth-order valence-corrected chi connectivity index (χ4v) is 3.03. The van der Waals surface area contributed by atoms with Crippen LogP contribution in [-0.4, -0.2) is 36.9 Å². The maximum Gasteiger partial charge on any atom is 0.238 e. The minimum Gasteiger partial charge on any atom is -0.348 e. The first-order valence-electron chi connectivity index (χ1n) is 9.00. The number of hydrogen-bond donors (Lipinski definition) is 2. The summed E-state index contributed by atoms with van der Waals surface area (Å²) in [4.78, 5) is 26.2. The average Bonchev–Trinajstić information content (AvgIpc) is 2.61. The largest absolute Gasteiger partial charge is 0.348 e. The molecule has 0 heterocycles. The van der Waals surface area contributed by atoms with Gasteiger partial charge in [0, 0.05) is 10.7 Å². The van der Waals surface area contributed by atoms with Gasteiger partial charge in [-0.2, -0.15) is 0 Å². The van der Waals surface area contributed by atoms with Gasteiger partial charge in [-0.25, -0.2) is 0 Å². The Morgan fingerprint density at radius 1 is 1.07 bits per heavy atom. The summed E-state index contributed by atoms with van der Waals surface area (Å²) in [5.41, 5.74) is 2.84. The molecular formula is C21H26ClN3O2. The first kappa shape index (κ1) is 20.9. The zero-order valence-corrected chi connectivity index (χ0v) is 16.7. The minimum atomic E-state index is -0.158. The third kappa shape index (κ3) is 6.70. The fourth-order valence-electron chi connectivity index (χ4n) is 2.83. The minimum absolute atomic E-state index is 0.133. The first-order valence-corrected chi connectivity index (χ1v) is 9.38. The predicted molar refractivity (Wildman–Crippen MR) is 110 cm³/mol. The highest BCUT2D eigenvalue weighted by Crippen LogP contribution is 2.17. The molecule has 144 valence electrons. The van der Waals surface area contributed by atoms with Crippen LogP contribution < -0.4 is 10.6 Å². The first-order chi connectivity index (χ1) is 12.9. The van der Waals surface area contributed by atoms with Crippen molar-refractivity contribution in [3.63, 3.8) is 0 Å². The van der Waals surface area contributed by atoms with E-state index in [1.165, 1.54) is 0 Å². The van der Waals surface area contributed by atoms with Crippen LogP contribution in [0.5, 0.6) is 0 Å². The smallest absolute Gasteiger partial charge is 0.238 e. The summed E-state index contributed by atoms with van der Waals surface area (Å²) in [5.74, 6) is -0.291. The highest BCUT2D eigenvalue weighted by atomic mass is 35.5. The number of hydrogen-bond acceptors (Lipinski definition) is 3. The number of amides is 2. The molecule has 1 atom stereocenters. The lowest BCUT2D eigenvalue weighted by atomic mass is 10.1. The standard InChI is InChI=1S/C21H26ClN3O2/c1-4-16-8-5-6-11-19(16)24-21(27)14-25(3)13-20(26)23-15(2)17-9-7-10-18(22)12-17/h5-12,15H,4,13-14H2,1-3H3,(H,23,26)(H,24,27). The van der Waals surface area contributed by atoms with E-state index in [9.17, 15) is 9.59 Å². The van der Waals surface area contributed by atoms with Gasteiger partial charge in [-0.05, 0) is 49.7 Å². The van der Waals surface area contributed by atoms with E-state index in [0.29, 0.717) is 5.02 Å². The maximum absolute atomic E-state index is 12.3. The molecule has 0 saturated carbocycles. The van der Waals surface area contributed by atoms with Crippen LogP contribution in [0, 0.1) is 0 Å². The van der Waals surface area contributed by atoms with Crippen molar-refractivity contribution in [1.29, 1.82) is 0 Å². The van der Waals surface area contributed by atoms with E-state index in [2.05, 4.69) is 10.6 Å². The van der Waals surface area contributed by atoms with Crippen LogP contribution in [-0.2, 0) is 16.0 Å². The summed E-state index contributed by atoms with van der Waals surface area (Å²) in [6.07, 6.45) is 0.843. The zero-order valence-electron chi connectivity index (χ0n) is 16.0. The molecule has 0 aromatic heterocycles. The van der Waals surface area contributed by atoms with Gasteiger partial charge < -0.3 is 10.6 Å². The van der Waals surface area contributed by atoms with E-state index >= 15 is 0 Å². The molecule has 0 bridgehead atoms. The Balaban J connectivity index is 1.82. The normalized spacial score (nSPS) is 11.9. The second-order valence-electron chi connectivity index (χ2n) is 6.58. The number of carbonyl (C=O) groups is 2. The Kier molecular flexibility index (Phi) is 7.82. The second kappa shape index (κ2) is 10.1. The van der Waals surface area contributed by atoms with Crippen LogP contribution in [0.4, 0.5) is 5.69 Å². The van der Waals surface area contributed by atoms with Crippen molar-refractivity contribution in [1.82, 2.24) is 10.2 Å². The quantitative estimate of drug-likeness (QED) is 0.726. The number of nitrogens with one attached hydrogen (secondary N) is 2. The lowest BCUT2D eigenvalue weighted by Gasteiger charge is -2.19. The van der Waals surface area contributed by atoms with Gasteiger partial charge in [0.2, 0.25) is 11.8 Å². The van der Waals surface area contributed by atoms with Crippen molar-refractivity contribution < 1.29 is 9.59 Å². The zero-order chi connectivity index (χ0) is 19.8. The van der Waals surface area contributed by atoms with Crippen LogP contribution in [0.15, 0.2) is 48.5 Å². The van der Waals surface area contributed by atoms with Crippen molar-refractivity contribution in [2.24, 2.45) is 0 Å². The van der Waals surface area contributed by atoms with Crippen LogP contribution in [0.1, 0.15) is 31.0 Å². The van der Waals surface area contributed by atoms with E-state index in [1.54, 1.807) is 18.0 Å². The summed E-state index contributed by atoms with van der Waals surface area (Å²) in [7, 11) is 1.74. The van der Waals surface area contributed by atoms with Crippen LogP contribution >= 0.6 is 11.6 Å². The fraction of sp³-hybridized carbons (Fsp3) is 0.333. The van der Waals surface area contributed by atoms with Crippen LogP contribution in [0.3, 0.4) is 0 Å². The number of benzene rings is 2. The molecule has 0 aliphatic heterocycles. The van der Waals surface area contributed by atoms with Crippen molar-refractivity contribution in [2.45, 2.75) is 26.3 Å². The van der Waals surface area contributed by atoms with Gasteiger partial charge in [-0.15, -0.1) is 0 Å². The molecule has 0 aliphatic rings. The lowest BCUT2D eigenvalue weighted by Crippen LogP contribution is -2.39. The SMILES string of the molecule is CCc1ccccc1NC(=O)CN(C)CC(=O)NC(C)c1cccc(Cl)c1. The molecule has 2 aromatic rings. The summed E-state index contributed by atoms with van der Waals surface area (Å²) >= 11 is 5.99. The van der Waals surface area contributed by atoms with E-state index in [0.717, 1.165) is 23.2 Å². The molecule has 2 aromatic carbocycles. The van der Waals surface area contributed by atoms with E-state index in [-0.39, 0.29) is 30.9 Å². The van der Waals surface area contributed by atoms with Gasteiger partial charge in [-0.3, -0.25) is 14.5 Å². The molecule has 0 saturated heterocycles. The number of carbonyl (C=O) groups excluding carboxylic acids is 2. The molecular weight excluding hydrogens is 362 g/mol. The summed E-state index contributed by atoms with van der Waals surface area (Å²) in [6, 6.07) is 15.0. The molecule has 27 heavy (non-hydrogen) atoms. The van der Waals surface area contributed by atoms with Gasteiger partial charge >= 0.3 is 0 Å². The van der Waals surface area contributed by atoms with E-state index in [4.69, 9.17) is 11.6 Å².